The van der Waals surface area contributed by atoms with Crippen LogP contribution in [0.5, 0.6) is 11.5 Å². The van der Waals surface area contributed by atoms with Gasteiger partial charge in [0, 0.05) is 16.7 Å². The number of hydrogen-bond donors (Lipinski definition) is 3. The first-order valence-electron chi connectivity index (χ1n) is 12.3. The zero-order valence-corrected chi connectivity index (χ0v) is 25.7. The summed E-state index contributed by atoms with van der Waals surface area (Å²) in [5.41, 5.74) is 6.49. The summed E-state index contributed by atoms with van der Waals surface area (Å²) in [5, 5.41) is 9.22. The molecule has 0 atom stereocenters. The predicted molar refractivity (Wildman–Crippen MR) is 162 cm³/mol. The molecule has 9 nitrogen and oxygen atoms in total. The smallest absolute Gasteiger partial charge is 0.329 e. The average Bonchev–Trinajstić information content (AvgIpc) is 2.93. The zero-order chi connectivity index (χ0) is 29.2. The van der Waals surface area contributed by atoms with E-state index in [1.54, 1.807) is 18.2 Å². The SMILES string of the molecule is COc1cc(/C=N\NC(=O)C(=O)NCc2ccc(C(C)C)cc2)cc(Br)c1OCC(=O)Nc1ccc(Br)c(C)c1. The van der Waals surface area contributed by atoms with Gasteiger partial charge in [0.25, 0.3) is 5.91 Å². The molecule has 3 amide bonds. The standard InChI is InChI=1S/C29H30Br2N4O5/c1-17(2)21-7-5-19(6-8-21)14-32-28(37)29(38)35-33-15-20-12-24(31)27(25(13-20)39-4)40-16-26(36)34-22-9-10-23(30)18(3)11-22/h5-13,15,17H,14,16H2,1-4H3,(H,32,37)(H,34,36)(H,35,38)/b33-15-. The van der Waals surface area contributed by atoms with Crippen LogP contribution >= 0.6 is 31.9 Å². The molecular formula is C29H30Br2N4O5. The minimum absolute atomic E-state index is 0.223. The number of rotatable bonds is 10. The first-order chi connectivity index (χ1) is 19.1. The Kier molecular flexibility index (Phi) is 11.3. The minimum atomic E-state index is -0.895. The van der Waals surface area contributed by atoms with Gasteiger partial charge in [0.2, 0.25) is 0 Å². The number of anilines is 1. The van der Waals surface area contributed by atoms with Crippen LogP contribution in [0.2, 0.25) is 0 Å². The Balaban J connectivity index is 1.53. The van der Waals surface area contributed by atoms with Gasteiger partial charge >= 0.3 is 11.8 Å². The quantitative estimate of drug-likeness (QED) is 0.151. The Labute approximate surface area is 250 Å². The van der Waals surface area contributed by atoms with E-state index in [1.807, 2.05) is 43.3 Å². The third-order valence-electron chi connectivity index (χ3n) is 5.73. The lowest BCUT2D eigenvalue weighted by Gasteiger charge is -2.14. The maximum Gasteiger partial charge on any atom is 0.329 e. The second-order valence-electron chi connectivity index (χ2n) is 9.11. The molecule has 0 radical (unpaired) electrons. The third-order valence-corrected chi connectivity index (χ3v) is 7.21. The number of benzene rings is 3. The van der Waals surface area contributed by atoms with Crippen LogP contribution in [0.4, 0.5) is 5.69 Å². The minimum Gasteiger partial charge on any atom is -0.493 e. The molecule has 0 aliphatic rings. The van der Waals surface area contributed by atoms with Crippen molar-refractivity contribution in [2.45, 2.75) is 33.2 Å². The van der Waals surface area contributed by atoms with Crippen LogP contribution in [0.1, 0.15) is 42.0 Å². The lowest BCUT2D eigenvalue weighted by atomic mass is 10.0. The Morgan fingerprint density at radius 1 is 0.975 bits per heavy atom. The fourth-order valence-electron chi connectivity index (χ4n) is 3.51. The summed E-state index contributed by atoms with van der Waals surface area (Å²) >= 11 is 6.85. The first kappa shape index (κ1) is 30.8. The number of carbonyl (C=O) groups is 3. The van der Waals surface area contributed by atoms with Crippen LogP contribution in [0.3, 0.4) is 0 Å². The lowest BCUT2D eigenvalue weighted by Crippen LogP contribution is -2.37. The molecule has 3 rings (SSSR count). The summed E-state index contributed by atoms with van der Waals surface area (Å²) in [7, 11) is 1.46. The van der Waals surface area contributed by atoms with Gasteiger partial charge in [-0.2, -0.15) is 5.10 Å². The Morgan fingerprint density at radius 2 is 1.70 bits per heavy atom. The Bertz CT molecular complexity index is 1410. The van der Waals surface area contributed by atoms with Crippen molar-refractivity contribution < 1.29 is 23.9 Å². The number of hydrazone groups is 1. The summed E-state index contributed by atoms with van der Waals surface area (Å²) < 4.78 is 12.6. The van der Waals surface area contributed by atoms with Gasteiger partial charge in [-0.25, -0.2) is 5.43 Å². The van der Waals surface area contributed by atoms with Crippen molar-refractivity contribution in [3.8, 4) is 11.5 Å². The number of nitrogens with zero attached hydrogens (tertiary/aromatic N) is 1. The van der Waals surface area contributed by atoms with Crippen molar-refractivity contribution in [1.82, 2.24) is 10.7 Å². The molecule has 40 heavy (non-hydrogen) atoms. The van der Waals surface area contributed by atoms with E-state index in [1.165, 1.54) is 18.9 Å². The van der Waals surface area contributed by atoms with Crippen molar-refractivity contribution in [2.75, 3.05) is 19.0 Å². The number of ether oxygens (including phenoxy) is 2. The predicted octanol–water partition coefficient (Wildman–Crippen LogP) is 5.44. The molecule has 0 heterocycles. The highest BCUT2D eigenvalue weighted by Gasteiger charge is 2.15. The normalized spacial score (nSPS) is 10.9. The largest absolute Gasteiger partial charge is 0.493 e. The number of hydrogen-bond acceptors (Lipinski definition) is 6. The van der Waals surface area contributed by atoms with Crippen LogP contribution in [-0.4, -0.2) is 37.7 Å². The average molecular weight is 674 g/mol. The van der Waals surface area contributed by atoms with Crippen LogP contribution in [0, 0.1) is 6.92 Å². The molecular weight excluding hydrogens is 644 g/mol. The monoisotopic (exact) mass is 672 g/mol. The molecule has 0 aliphatic heterocycles. The molecule has 3 N–H and O–H groups in total. The maximum atomic E-state index is 12.4. The van der Waals surface area contributed by atoms with Crippen LogP contribution in [0.25, 0.3) is 0 Å². The number of aryl methyl sites for hydroxylation is 1. The van der Waals surface area contributed by atoms with Crippen molar-refractivity contribution in [1.29, 1.82) is 0 Å². The van der Waals surface area contributed by atoms with Gasteiger partial charge < -0.3 is 20.1 Å². The molecule has 0 fully saturated rings. The molecule has 0 bridgehead atoms. The van der Waals surface area contributed by atoms with Crippen molar-refractivity contribution in [3.05, 3.63) is 85.8 Å². The van der Waals surface area contributed by atoms with Crippen molar-refractivity contribution >= 4 is 61.5 Å². The Hall–Kier alpha value is -3.70. The van der Waals surface area contributed by atoms with Gasteiger partial charge in [-0.1, -0.05) is 54.0 Å². The second kappa shape index (κ2) is 14.6. The summed E-state index contributed by atoms with van der Waals surface area (Å²) in [5.74, 6) is -0.954. The van der Waals surface area contributed by atoms with E-state index in [2.05, 4.69) is 66.9 Å². The Morgan fingerprint density at radius 3 is 2.35 bits per heavy atom. The summed E-state index contributed by atoms with van der Waals surface area (Å²) in [4.78, 5) is 36.6. The van der Waals surface area contributed by atoms with Gasteiger partial charge in [-0.15, -0.1) is 0 Å². The zero-order valence-electron chi connectivity index (χ0n) is 22.5. The molecule has 11 heteroatoms. The number of carbonyl (C=O) groups excluding carboxylic acids is 3. The van der Waals surface area contributed by atoms with Crippen LogP contribution in [0.15, 0.2) is 68.6 Å². The molecule has 3 aromatic rings. The number of halogens is 2. The molecule has 0 aliphatic carbocycles. The van der Waals surface area contributed by atoms with Crippen molar-refractivity contribution in [2.24, 2.45) is 5.10 Å². The highest BCUT2D eigenvalue weighted by atomic mass is 79.9. The fraction of sp³-hybridized carbons (Fsp3) is 0.241. The van der Waals surface area contributed by atoms with E-state index < -0.39 is 11.8 Å². The fourth-order valence-corrected chi connectivity index (χ4v) is 4.33. The summed E-state index contributed by atoms with van der Waals surface area (Å²) in [6.45, 7) is 6.11. The molecule has 0 saturated carbocycles. The van der Waals surface area contributed by atoms with Crippen LogP contribution in [-0.2, 0) is 20.9 Å². The number of nitrogens with one attached hydrogen (secondary N) is 3. The van der Waals surface area contributed by atoms with Gasteiger partial charge in [0.1, 0.15) is 0 Å². The van der Waals surface area contributed by atoms with Gasteiger partial charge in [0.15, 0.2) is 18.1 Å². The second-order valence-corrected chi connectivity index (χ2v) is 10.8. The van der Waals surface area contributed by atoms with Crippen molar-refractivity contribution in [3.63, 3.8) is 0 Å². The molecule has 0 unspecified atom stereocenters. The van der Waals surface area contributed by atoms with Gasteiger partial charge in [-0.05, 0) is 81.4 Å². The highest BCUT2D eigenvalue weighted by molar-refractivity contribution is 9.10. The maximum absolute atomic E-state index is 12.4. The van der Waals surface area contributed by atoms with E-state index in [0.29, 0.717) is 33.1 Å². The number of methoxy groups -OCH3 is 1. The first-order valence-corrected chi connectivity index (χ1v) is 13.9. The van der Waals surface area contributed by atoms with E-state index in [4.69, 9.17) is 9.47 Å². The van der Waals surface area contributed by atoms with Gasteiger partial charge in [-0.3, -0.25) is 14.4 Å². The third kappa shape index (κ3) is 8.92. The van der Waals surface area contributed by atoms with Crippen LogP contribution < -0.4 is 25.5 Å². The molecule has 0 aromatic heterocycles. The molecule has 0 spiro atoms. The van der Waals surface area contributed by atoms with E-state index in [-0.39, 0.29) is 19.1 Å². The molecule has 210 valence electrons. The molecule has 0 saturated heterocycles. The lowest BCUT2D eigenvalue weighted by molar-refractivity contribution is -0.139. The molecule has 3 aromatic carbocycles. The summed E-state index contributed by atoms with van der Waals surface area (Å²) in [6, 6.07) is 16.6. The van der Waals surface area contributed by atoms with E-state index in [0.717, 1.165) is 15.6 Å². The topological polar surface area (TPSA) is 118 Å². The van der Waals surface area contributed by atoms with Gasteiger partial charge in [0.05, 0.1) is 17.8 Å². The van der Waals surface area contributed by atoms with E-state index >= 15 is 0 Å². The van der Waals surface area contributed by atoms with E-state index in [9.17, 15) is 14.4 Å². The number of amides is 3. The highest BCUT2D eigenvalue weighted by Crippen LogP contribution is 2.36. The summed E-state index contributed by atoms with van der Waals surface area (Å²) in [6.07, 6.45) is 1.36.